The van der Waals surface area contributed by atoms with Crippen LogP contribution in [0.1, 0.15) is 50.4 Å². The second kappa shape index (κ2) is 6.18. The van der Waals surface area contributed by atoms with Crippen LogP contribution in [0.25, 0.3) is 0 Å². The minimum Gasteiger partial charge on any atom is -0.350 e. The van der Waals surface area contributed by atoms with Crippen molar-refractivity contribution in [2.75, 3.05) is 11.4 Å². The highest BCUT2D eigenvalue weighted by atomic mass is 15.2. The van der Waals surface area contributed by atoms with E-state index in [-0.39, 0.29) is 5.54 Å². The van der Waals surface area contributed by atoms with Crippen LogP contribution in [0.15, 0.2) is 18.7 Å². The lowest BCUT2D eigenvalue weighted by Gasteiger charge is -2.28. The topological polar surface area (TPSA) is 28.2 Å². The maximum atomic E-state index is 4.85. The fourth-order valence-corrected chi connectivity index (χ4v) is 2.59. The molecule has 2 rings (SSSR count). The molecule has 3 heteroatoms. The molecule has 0 bridgehead atoms. The molecule has 1 aromatic rings. The van der Waals surface area contributed by atoms with Crippen molar-refractivity contribution < 1.29 is 0 Å². The van der Waals surface area contributed by atoms with Gasteiger partial charge >= 0.3 is 0 Å². The summed E-state index contributed by atoms with van der Waals surface area (Å²) in [5, 5.41) is 3.60. The first-order valence-corrected chi connectivity index (χ1v) is 7.91. The van der Waals surface area contributed by atoms with Gasteiger partial charge in [-0.3, -0.25) is 0 Å². The van der Waals surface area contributed by atoms with Gasteiger partial charge in [0, 0.05) is 35.9 Å². The molecule has 0 amide bonds. The zero-order chi connectivity index (χ0) is 15.6. The number of rotatable bonds is 6. The maximum Gasteiger partial charge on any atom is 0.134 e. The van der Waals surface area contributed by atoms with Crippen LogP contribution in [0.5, 0.6) is 0 Å². The molecule has 1 saturated carbocycles. The van der Waals surface area contributed by atoms with Gasteiger partial charge in [0.25, 0.3) is 0 Å². The van der Waals surface area contributed by atoms with Gasteiger partial charge in [0.05, 0.1) is 0 Å². The van der Waals surface area contributed by atoms with Gasteiger partial charge in [-0.2, -0.15) is 0 Å². The van der Waals surface area contributed by atoms with Gasteiger partial charge in [-0.25, -0.2) is 4.98 Å². The molecule has 3 nitrogen and oxygen atoms in total. The first kappa shape index (κ1) is 16.0. The first-order valence-electron chi connectivity index (χ1n) is 7.91. The summed E-state index contributed by atoms with van der Waals surface area (Å²) in [7, 11) is 0. The van der Waals surface area contributed by atoms with E-state index < -0.39 is 0 Å². The Morgan fingerprint density at radius 2 is 2.05 bits per heavy atom. The van der Waals surface area contributed by atoms with E-state index in [4.69, 9.17) is 4.98 Å². The minimum atomic E-state index is 0.109. The quantitative estimate of drug-likeness (QED) is 0.808. The molecule has 1 fully saturated rings. The summed E-state index contributed by atoms with van der Waals surface area (Å²) >= 11 is 0. The van der Waals surface area contributed by atoms with Crippen LogP contribution >= 0.6 is 0 Å². The smallest absolute Gasteiger partial charge is 0.134 e. The molecular weight excluding hydrogens is 258 g/mol. The van der Waals surface area contributed by atoms with Crippen LogP contribution in [0.3, 0.4) is 0 Å². The Labute approximate surface area is 129 Å². The molecule has 0 atom stereocenters. The highest BCUT2D eigenvalue weighted by Gasteiger charge is 2.31. The molecule has 1 aromatic heterocycles. The fraction of sp³-hybridized carbons (Fsp3) is 0.611. The largest absolute Gasteiger partial charge is 0.350 e. The second-order valence-corrected chi connectivity index (χ2v) is 7.16. The van der Waals surface area contributed by atoms with Crippen molar-refractivity contribution in [3.63, 3.8) is 0 Å². The van der Waals surface area contributed by atoms with E-state index in [0.29, 0.717) is 6.04 Å². The molecule has 1 heterocycles. The van der Waals surface area contributed by atoms with Gasteiger partial charge in [0.15, 0.2) is 0 Å². The molecule has 1 N–H and O–H groups in total. The molecule has 1 aliphatic rings. The highest BCUT2D eigenvalue weighted by molar-refractivity contribution is 5.53. The molecule has 0 saturated heterocycles. The van der Waals surface area contributed by atoms with E-state index in [1.165, 1.54) is 24.0 Å². The van der Waals surface area contributed by atoms with Crippen LogP contribution in [0, 0.1) is 13.8 Å². The molecule has 0 radical (unpaired) electrons. The van der Waals surface area contributed by atoms with E-state index in [1.54, 1.807) is 0 Å². The third kappa shape index (κ3) is 4.31. The summed E-state index contributed by atoms with van der Waals surface area (Å²) in [5.41, 5.74) is 3.85. The number of hydrogen-bond donors (Lipinski definition) is 1. The number of aryl methyl sites for hydroxylation is 2. The van der Waals surface area contributed by atoms with E-state index in [1.807, 2.05) is 6.08 Å². The lowest BCUT2D eigenvalue weighted by atomic mass is 10.0. The normalized spacial score (nSPS) is 15.1. The fourth-order valence-electron chi connectivity index (χ4n) is 2.59. The van der Waals surface area contributed by atoms with E-state index in [2.05, 4.69) is 57.5 Å². The Balaban J connectivity index is 2.34. The lowest BCUT2D eigenvalue weighted by Crippen LogP contribution is -2.36. The third-order valence-electron chi connectivity index (χ3n) is 3.83. The number of pyridine rings is 1. The molecule has 0 spiro atoms. The monoisotopic (exact) mass is 287 g/mol. The Hall–Kier alpha value is -1.35. The van der Waals surface area contributed by atoms with Gasteiger partial charge in [-0.1, -0.05) is 6.08 Å². The van der Waals surface area contributed by atoms with Crippen molar-refractivity contribution in [2.24, 2.45) is 0 Å². The van der Waals surface area contributed by atoms with Crippen LogP contribution in [0.2, 0.25) is 0 Å². The van der Waals surface area contributed by atoms with Crippen molar-refractivity contribution in [2.45, 2.75) is 65.6 Å². The lowest BCUT2D eigenvalue weighted by molar-refractivity contribution is 0.423. The number of aromatic nitrogens is 1. The average Bonchev–Trinajstić information content (AvgIpc) is 3.17. The average molecular weight is 287 g/mol. The first-order chi connectivity index (χ1) is 9.81. The zero-order valence-electron chi connectivity index (χ0n) is 14.2. The van der Waals surface area contributed by atoms with Crippen molar-refractivity contribution in [3.8, 4) is 0 Å². The molecule has 21 heavy (non-hydrogen) atoms. The van der Waals surface area contributed by atoms with E-state index in [0.717, 1.165) is 24.6 Å². The summed E-state index contributed by atoms with van der Waals surface area (Å²) < 4.78 is 0. The number of nitrogens with one attached hydrogen (secondary N) is 1. The van der Waals surface area contributed by atoms with Gasteiger partial charge in [-0.05, 0) is 59.1 Å². The summed E-state index contributed by atoms with van der Waals surface area (Å²) in [4.78, 5) is 7.28. The predicted octanol–water partition coefficient (Wildman–Crippen LogP) is 3.74. The van der Waals surface area contributed by atoms with Crippen LogP contribution in [-0.4, -0.2) is 23.1 Å². The SMILES string of the molecule is C=CCN(c1nc(C)cc(C)c1CNC(C)(C)C)C1CC1. The Morgan fingerprint density at radius 1 is 1.38 bits per heavy atom. The number of nitrogens with zero attached hydrogens (tertiary/aromatic N) is 2. The van der Waals surface area contributed by atoms with E-state index >= 15 is 0 Å². The van der Waals surface area contributed by atoms with Gasteiger partial charge in [0.2, 0.25) is 0 Å². The van der Waals surface area contributed by atoms with Crippen molar-refractivity contribution in [1.82, 2.24) is 10.3 Å². The molecule has 0 aromatic carbocycles. The van der Waals surface area contributed by atoms with Crippen molar-refractivity contribution >= 4 is 5.82 Å². The highest BCUT2D eigenvalue weighted by Crippen LogP contribution is 2.33. The Bertz CT molecular complexity index is 510. The van der Waals surface area contributed by atoms with Crippen molar-refractivity contribution in [1.29, 1.82) is 0 Å². The van der Waals surface area contributed by atoms with Gasteiger partial charge < -0.3 is 10.2 Å². The Kier molecular flexibility index (Phi) is 4.72. The maximum absolute atomic E-state index is 4.85. The van der Waals surface area contributed by atoms with Crippen LogP contribution in [-0.2, 0) is 6.54 Å². The molecule has 116 valence electrons. The van der Waals surface area contributed by atoms with Crippen LogP contribution in [0.4, 0.5) is 5.82 Å². The number of hydrogen-bond acceptors (Lipinski definition) is 3. The zero-order valence-corrected chi connectivity index (χ0v) is 14.2. The molecular formula is C18H29N3. The number of anilines is 1. The van der Waals surface area contributed by atoms with Gasteiger partial charge in [0.1, 0.15) is 5.82 Å². The van der Waals surface area contributed by atoms with E-state index in [9.17, 15) is 0 Å². The summed E-state index contributed by atoms with van der Waals surface area (Å²) in [6.07, 6.45) is 4.53. The summed E-state index contributed by atoms with van der Waals surface area (Å²) in [5.74, 6) is 1.15. The predicted molar refractivity (Wildman–Crippen MR) is 90.9 cm³/mol. The summed E-state index contributed by atoms with van der Waals surface area (Å²) in [6, 6.07) is 2.83. The second-order valence-electron chi connectivity index (χ2n) is 7.16. The van der Waals surface area contributed by atoms with Crippen LogP contribution < -0.4 is 10.2 Å². The summed E-state index contributed by atoms with van der Waals surface area (Å²) in [6.45, 7) is 16.5. The third-order valence-corrected chi connectivity index (χ3v) is 3.83. The standard InChI is InChI=1S/C18H29N3/c1-7-10-21(15-8-9-15)17-16(12-19-18(4,5)6)13(2)11-14(3)20-17/h7,11,15,19H,1,8-10,12H2,2-6H3. The van der Waals surface area contributed by atoms with Gasteiger partial charge in [-0.15, -0.1) is 6.58 Å². The molecule has 0 aliphatic heterocycles. The molecule has 0 unspecified atom stereocenters. The molecule has 1 aliphatic carbocycles. The minimum absolute atomic E-state index is 0.109. The van der Waals surface area contributed by atoms with Crippen molar-refractivity contribution in [3.05, 3.63) is 35.5 Å². The Morgan fingerprint density at radius 3 is 2.57 bits per heavy atom.